The molecule has 170 valence electrons. The standard InChI is InChI=1S/C27H29N3O3/c1-20-10-12-22(13-11-20)27(32)30-15-5-7-23(18-30)26(31)29-17-21-6-4-9-25(16-21)33-19-24-8-2-3-14-28-24/h2-4,6,8-14,16,23H,5,7,15,17-19H2,1H3,(H,29,31). The van der Waals surface area contributed by atoms with Crippen LogP contribution in [0.5, 0.6) is 5.75 Å². The average Bonchev–Trinajstić information content (AvgIpc) is 2.87. The quantitative estimate of drug-likeness (QED) is 0.596. The van der Waals surface area contributed by atoms with Gasteiger partial charge in [0.05, 0.1) is 11.6 Å². The molecule has 1 atom stereocenters. The molecule has 1 aromatic heterocycles. The molecular formula is C27H29N3O3. The number of ether oxygens (including phenoxy) is 1. The van der Waals surface area contributed by atoms with E-state index >= 15 is 0 Å². The predicted molar refractivity (Wildman–Crippen MR) is 127 cm³/mol. The molecule has 2 aromatic carbocycles. The van der Waals surface area contributed by atoms with Crippen LogP contribution in [0.4, 0.5) is 0 Å². The van der Waals surface area contributed by atoms with Crippen molar-refractivity contribution in [1.82, 2.24) is 15.2 Å². The van der Waals surface area contributed by atoms with Crippen molar-refractivity contribution in [2.45, 2.75) is 32.9 Å². The Bertz CT molecular complexity index is 1080. The number of aryl methyl sites for hydroxylation is 1. The van der Waals surface area contributed by atoms with Gasteiger partial charge in [0.25, 0.3) is 5.91 Å². The van der Waals surface area contributed by atoms with Gasteiger partial charge in [-0.15, -0.1) is 0 Å². The fraction of sp³-hybridized carbons (Fsp3) is 0.296. The number of hydrogen-bond acceptors (Lipinski definition) is 4. The summed E-state index contributed by atoms with van der Waals surface area (Å²) in [5.41, 5.74) is 3.61. The molecule has 1 unspecified atom stereocenters. The van der Waals surface area contributed by atoms with Gasteiger partial charge < -0.3 is 15.0 Å². The van der Waals surface area contributed by atoms with E-state index in [1.54, 1.807) is 11.1 Å². The van der Waals surface area contributed by atoms with Gasteiger partial charge in [0.2, 0.25) is 5.91 Å². The molecule has 6 heteroatoms. The number of hydrogen-bond donors (Lipinski definition) is 1. The lowest BCUT2D eigenvalue weighted by Crippen LogP contribution is -2.45. The second kappa shape index (κ2) is 10.8. The summed E-state index contributed by atoms with van der Waals surface area (Å²) in [5.74, 6) is 0.512. The lowest BCUT2D eigenvalue weighted by Gasteiger charge is -2.32. The van der Waals surface area contributed by atoms with Crippen LogP contribution in [-0.4, -0.2) is 34.8 Å². The Labute approximate surface area is 194 Å². The van der Waals surface area contributed by atoms with Gasteiger partial charge >= 0.3 is 0 Å². The normalized spacial score (nSPS) is 15.7. The lowest BCUT2D eigenvalue weighted by molar-refractivity contribution is -0.126. The molecule has 6 nitrogen and oxygen atoms in total. The fourth-order valence-corrected chi connectivity index (χ4v) is 3.97. The maximum Gasteiger partial charge on any atom is 0.253 e. The molecule has 0 saturated carbocycles. The van der Waals surface area contributed by atoms with E-state index in [1.807, 2.05) is 73.7 Å². The minimum Gasteiger partial charge on any atom is -0.487 e. The van der Waals surface area contributed by atoms with Crippen LogP contribution in [0, 0.1) is 12.8 Å². The van der Waals surface area contributed by atoms with E-state index in [-0.39, 0.29) is 17.7 Å². The number of aromatic nitrogens is 1. The van der Waals surface area contributed by atoms with Gasteiger partial charge in [-0.3, -0.25) is 14.6 Å². The third-order valence-electron chi connectivity index (χ3n) is 5.86. The Hall–Kier alpha value is -3.67. The van der Waals surface area contributed by atoms with Gasteiger partial charge in [-0.2, -0.15) is 0 Å². The number of benzene rings is 2. The van der Waals surface area contributed by atoms with Gasteiger partial charge in [-0.25, -0.2) is 0 Å². The van der Waals surface area contributed by atoms with Crippen LogP contribution in [0.15, 0.2) is 72.9 Å². The van der Waals surface area contributed by atoms with Gasteiger partial charge in [-0.05, 0) is 61.7 Å². The minimum atomic E-state index is -0.197. The highest BCUT2D eigenvalue weighted by molar-refractivity contribution is 5.94. The Morgan fingerprint density at radius 3 is 2.73 bits per heavy atom. The molecule has 1 N–H and O–H groups in total. The summed E-state index contributed by atoms with van der Waals surface area (Å²) >= 11 is 0. The first-order valence-electron chi connectivity index (χ1n) is 11.3. The maximum atomic E-state index is 12.8. The molecule has 0 aliphatic carbocycles. The summed E-state index contributed by atoms with van der Waals surface area (Å²) in [6.07, 6.45) is 3.36. The summed E-state index contributed by atoms with van der Waals surface area (Å²) in [7, 11) is 0. The third kappa shape index (κ3) is 6.19. The summed E-state index contributed by atoms with van der Waals surface area (Å²) < 4.78 is 5.83. The van der Waals surface area contributed by atoms with Gasteiger partial charge in [0, 0.05) is 31.4 Å². The Balaban J connectivity index is 1.29. The number of nitrogens with one attached hydrogen (secondary N) is 1. The van der Waals surface area contributed by atoms with Crippen molar-refractivity contribution in [3.8, 4) is 5.75 Å². The topological polar surface area (TPSA) is 71.5 Å². The lowest BCUT2D eigenvalue weighted by atomic mass is 9.96. The molecule has 1 fully saturated rings. The fourth-order valence-electron chi connectivity index (χ4n) is 3.97. The van der Waals surface area contributed by atoms with Crippen molar-refractivity contribution in [2.75, 3.05) is 13.1 Å². The monoisotopic (exact) mass is 443 g/mol. The smallest absolute Gasteiger partial charge is 0.253 e. The summed E-state index contributed by atoms with van der Waals surface area (Å²) in [5, 5.41) is 3.03. The molecule has 2 heterocycles. The first-order chi connectivity index (χ1) is 16.1. The summed E-state index contributed by atoms with van der Waals surface area (Å²) in [6.45, 7) is 3.95. The van der Waals surface area contributed by atoms with E-state index in [9.17, 15) is 9.59 Å². The molecule has 4 rings (SSSR count). The van der Waals surface area contributed by atoms with Crippen LogP contribution >= 0.6 is 0 Å². The van der Waals surface area contributed by atoms with E-state index in [4.69, 9.17) is 4.74 Å². The molecule has 1 aliphatic heterocycles. The third-order valence-corrected chi connectivity index (χ3v) is 5.86. The zero-order valence-corrected chi connectivity index (χ0v) is 18.9. The zero-order valence-electron chi connectivity index (χ0n) is 18.9. The molecule has 2 amide bonds. The van der Waals surface area contributed by atoms with Crippen LogP contribution in [-0.2, 0) is 17.9 Å². The maximum absolute atomic E-state index is 12.8. The molecule has 1 saturated heterocycles. The van der Waals surface area contributed by atoms with Crippen molar-refractivity contribution < 1.29 is 14.3 Å². The van der Waals surface area contributed by atoms with Crippen molar-refractivity contribution in [3.63, 3.8) is 0 Å². The highest BCUT2D eigenvalue weighted by Crippen LogP contribution is 2.20. The van der Waals surface area contributed by atoms with Crippen molar-refractivity contribution in [2.24, 2.45) is 5.92 Å². The van der Waals surface area contributed by atoms with E-state index in [2.05, 4.69) is 10.3 Å². The van der Waals surface area contributed by atoms with E-state index in [0.29, 0.717) is 31.8 Å². The Morgan fingerprint density at radius 2 is 1.94 bits per heavy atom. The van der Waals surface area contributed by atoms with Crippen LogP contribution < -0.4 is 10.1 Å². The van der Waals surface area contributed by atoms with E-state index < -0.39 is 0 Å². The van der Waals surface area contributed by atoms with Crippen LogP contribution in [0.2, 0.25) is 0 Å². The Kier molecular flexibility index (Phi) is 7.35. The zero-order chi connectivity index (χ0) is 23.0. The second-order valence-electron chi connectivity index (χ2n) is 8.43. The number of rotatable bonds is 7. The van der Waals surface area contributed by atoms with E-state index in [0.717, 1.165) is 35.4 Å². The highest BCUT2D eigenvalue weighted by atomic mass is 16.5. The molecule has 33 heavy (non-hydrogen) atoms. The second-order valence-corrected chi connectivity index (χ2v) is 8.43. The first-order valence-corrected chi connectivity index (χ1v) is 11.3. The van der Waals surface area contributed by atoms with Crippen LogP contribution in [0.25, 0.3) is 0 Å². The SMILES string of the molecule is Cc1ccc(C(=O)N2CCCC(C(=O)NCc3cccc(OCc4ccccn4)c3)C2)cc1. The summed E-state index contributed by atoms with van der Waals surface area (Å²) in [4.78, 5) is 31.7. The first kappa shape index (κ1) is 22.5. The van der Waals surface area contributed by atoms with Crippen molar-refractivity contribution >= 4 is 11.8 Å². The number of carbonyl (C=O) groups is 2. The van der Waals surface area contributed by atoms with Gasteiger partial charge in [0.1, 0.15) is 12.4 Å². The molecule has 0 radical (unpaired) electrons. The molecular weight excluding hydrogens is 414 g/mol. The largest absolute Gasteiger partial charge is 0.487 e. The minimum absolute atomic E-state index is 0.00902. The summed E-state index contributed by atoms with van der Waals surface area (Å²) in [6, 6.07) is 21.0. The number of pyridine rings is 1. The predicted octanol–water partition coefficient (Wildman–Crippen LogP) is 4.14. The van der Waals surface area contributed by atoms with Gasteiger partial charge in [-0.1, -0.05) is 35.9 Å². The molecule has 0 spiro atoms. The molecule has 0 bridgehead atoms. The van der Waals surface area contributed by atoms with Gasteiger partial charge in [0.15, 0.2) is 0 Å². The number of likely N-dealkylation sites (tertiary alicyclic amines) is 1. The molecule has 1 aliphatic rings. The number of nitrogens with zero attached hydrogens (tertiary/aromatic N) is 2. The van der Waals surface area contributed by atoms with Crippen molar-refractivity contribution in [1.29, 1.82) is 0 Å². The number of carbonyl (C=O) groups excluding carboxylic acids is 2. The number of piperidine rings is 1. The van der Waals surface area contributed by atoms with Crippen LogP contribution in [0.3, 0.4) is 0 Å². The number of amides is 2. The van der Waals surface area contributed by atoms with Crippen molar-refractivity contribution in [3.05, 3.63) is 95.3 Å². The average molecular weight is 444 g/mol. The van der Waals surface area contributed by atoms with E-state index in [1.165, 1.54) is 0 Å². The van der Waals surface area contributed by atoms with Crippen LogP contribution in [0.1, 0.15) is 40.0 Å². The Morgan fingerprint density at radius 1 is 1.09 bits per heavy atom. The highest BCUT2D eigenvalue weighted by Gasteiger charge is 2.28. The molecule has 3 aromatic rings.